The van der Waals surface area contributed by atoms with Crippen LogP contribution in [0.2, 0.25) is 5.02 Å². The molecule has 0 saturated carbocycles. The summed E-state index contributed by atoms with van der Waals surface area (Å²) in [5.74, 6) is 0.0454. The van der Waals surface area contributed by atoms with E-state index in [0.717, 1.165) is 30.4 Å². The summed E-state index contributed by atoms with van der Waals surface area (Å²) >= 11 is 9.58. The van der Waals surface area contributed by atoms with Crippen LogP contribution in [0.5, 0.6) is 0 Å². The van der Waals surface area contributed by atoms with Gasteiger partial charge in [-0.3, -0.25) is 4.79 Å². The maximum atomic E-state index is 12.6. The molecule has 2 nitrogen and oxygen atoms in total. The molecule has 0 bridgehead atoms. The zero-order valence-electron chi connectivity index (χ0n) is 11.4. The van der Waals surface area contributed by atoms with Crippen molar-refractivity contribution >= 4 is 33.4 Å². The summed E-state index contributed by atoms with van der Waals surface area (Å²) in [5.41, 5.74) is 0.923. The molecule has 0 aliphatic carbocycles. The molecule has 0 radical (unpaired) electrons. The Morgan fingerprint density at radius 3 is 2.79 bits per heavy atom. The lowest BCUT2D eigenvalue weighted by Gasteiger charge is -2.23. The molecule has 1 aromatic rings. The molecule has 0 N–H and O–H groups in total. The van der Waals surface area contributed by atoms with Gasteiger partial charge in [0.15, 0.2) is 0 Å². The number of hydrogen-bond donors (Lipinski definition) is 0. The Morgan fingerprint density at radius 1 is 1.32 bits per heavy atom. The molecule has 4 heteroatoms. The van der Waals surface area contributed by atoms with E-state index in [0.29, 0.717) is 16.0 Å². The van der Waals surface area contributed by atoms with Crippen molar-refractivity contribution in [3.63, 3.8) is 0 Å². The van der Waals surface area contributed by atoms with E-state index in [4.69, 9.17) is 11.6 Å². The van der Waals surface area contributed by atoms with Crippen molar-refractivity contribution < 1.29 is 4.79 Å². The first-order valence-electron chi connectivity index (χ1n) is 6.64. The highest BCUT2D eigenvalue weighted by Crippen LogP contribution is 2.32. The molecular weight excluding hydrogens is 326 g/mol. The van der Waals surface area contributed by atoms with Gasteiger partial charge in [0.2, 0.25) is 0 Å². The van der Waals surface area contributed by atoms with Crippen molar-refractivity contribution in [2.75, 3.05) is 13.1 Å². The first-order valence-corrected chi connectivity index (χ1v) is 7.81. The smallest absolute Gasteiger partial charge is 0.255 e. The molecule has 0 aromatic heterocycles. The van der Waals surface area contributed by atoms with Gasteiger partial charge < -0.3 is 4.90 Å². The van der Waals surface area contributed by atoms with E-state index in [1.807, 2.05) is 17.0 Å². The number of nitrogens with zero attached hydrogens (tertiary/aromatic N) is 1. The van der Waals surface area contributed by atoms with Crippen LogP contribution >= 0.6 is 27.5 Å². The monoisotopic (exact) mass is 343 g/mol. The SMILES string of the molecule is CC1(C)CCCN(C(=O)c2cccc(Br)c2Cl)CC1. The molecule has 2 rings (SSSR count). The molecule has 19 heavy (non-hydrogen) atoms. The lowest BCUT2D eigenvalue weighted by molar-refractivity contribution is 0.0757. The number of carbonyl (C=O) groups excluding carboxylic acids is 1. The van der Waals surface area contributed by atoms with Gasteiger partial charge in [-0.2, -0.15) is 0 Å². The Hall–Kier alpha value is -0.540. The highest BCUT2D eigenvalue weighted by molar-refractivity contribution is 9.10. The largest absolute Gasteiger partial charge is 0.339 e. The second-order valence-electron chi connectivity index (χ2n) is 5.91. The second kappa shape index (κ2) is 5.84. The normalized spacial score (nSPS) is 19.1. The molecule has 104 valence electrons. The Morgan fingerprint density at radius 2 is 2.05 bits per heavy atom. The first kappa shape index (κ1) is 14.9. The number of benzene rings is 1. The number of likely N-dealkylation sites (tertiary alicyclic amines) is 1. The molecule has 0 atom stereocenters. The zero-order chi connectivity index (χ0) is 14.0. The average molecular weight is 345 g/mol. The van der Waals surface area contributed by atoms with E-state index >= 15 is 0 Å². The van der Waals surface area contributed by atoms with Crippen LogP contribution in [0.15, 0.2) is 22.7 Å². The van der Waals surface area contributed by atoms with E-state index < -0.39 is 0 Å². The number of amides is 1. The van der Waals surface area contributed by atoms with Gasteiger partial charge in [0.05, 0.1) is 10.6 Å². The molecule has 1 amide bonds. The third-order valence-electron chi connectivity index (χ3n) is 3.81. The summed E-state index contributed by atoms with van der Waals surface area (Å²) in [5, 5.41) is 0.510. The van der Waals surface area contributed by atoms with Gasteiger partial charge in [-0.15, -0.1) is 0 Å². The highest BCUT2D eigenvalue weighted by atomic mass is 79.9. The molecule has 1 aromatic carbocycles. The fourth-order valence-corrected chi connectivity index (χ4v) is 3.04. The maximum Gasteiger partial charge on any atom is 0.255 e. The van der Waals surface area contributed by atoms with Crippen LogP contribution < -0.4 is 0 Å². The van der Waals surface area contributed by atoms with Crippen molar-refractivity contribution in [2.24, 2.45) is 5.41 Å². The fourth-order valence-electron chi connectivity index (χ4n) is 2.47. The van der Waals surface area contributed by atoms with Gasteiger partial charge in [-0.05, 0) is 52.7 Å². The van der Waals surface area contributed by atoms with Crippen LogP contribution in [0.25, 0.3) is 0 Å². The summed E-state index contributed by atoms with van der Waals surface area (Å²) in [6, 6.07) is 5.50. The summed E-state index contributed by atoms with van der Waals surface area (Å²) in [6.07, 6.45) is 3.28. The second-order valence-corrected chi connectivity index (χ2v) is 7.14. The van der Waals surface area contributed by atoms with Crippen LogP contribution in [-0.4, -0.2) is 23.9 Å². The molecule has 1 saturated heterocycles. The van der Waals surface area contributed by atoms with Crippen LogP contribution in [0.3, 0.4) is 0 Å². The number of hydrogen-bond acceptors (Lipinski definition) is 1. The van der Waals surface area contributed by atoms with Crippen LogP contribution in [0, 0.1) is 5.41 Å². The highest BCUT2D eigenvalue weighted by Gasteiger charge is 2.26. The van der Waals surface area contributed by atoms with Gasteiger partial charge in [0.25, 0.3) is 5.91 Å². The average Bonchev–Trinajstić information content (AvgIpc) is 2.53. The minimum absolute atomic E-state index is 0.0454. The van der Waals surface area contributed by atoms with Crippen LogP contribution in [0.1, 0.15) is 43.5 Å². The van der Waals surface area contributed by atoms with Gasteiger partial charge in [-0.1, -0.05) is 31.5 Å². The predicted molar refractivity (Wildman–Crippen MR) is 82.7 cm³/mol. The molecule has 0 spiro atoms. The molecule has 1 aliphatic heterocycles. The van der Waals surface area contributed by atoms with E-state index in [1.54, 1.807) is 6.07 Å². The summed E-state index contributed by atoms with van der Waals surface area (Å²) in [4.78, 5) is 14.5. The van der Waals surface area contributed by atoms with Gasteiger partial charge in [0, 0.05) is 17.6 Å². The third kappa shape index (κ3) is 3.51. The first-order chi connectivity index (χ1) is 8.91. The molecule has 1 heterocycles. The third-order valence-corrected chi connectivity index (χ3v) is 5.11. The minimum atomic E-state index is 0.0454. The zero-order valence-corrected chi connectivity index (χ0v) is 13.7. The van der Waals surface area contributed by atoms with E-state index in [1.165, 1.54) is 6.42 Å². The quantitative estimate of drug-likeness (QED) is 0.719. The van der Waals surface area contributed by atoms with Crippen molar-refractivity contribution in [1.82, 2.24) is 4.90 Å². The number of carbonyl (C=O) groups is 1. The van der Waals surface area contributed by atoms with E-state index in [-0.39, 0.29) is 5.91 Å². The molecule has 0 unspecified atom stereocenters. The summed E-state index contributed by atoms with van der Waals surface area (Å²) < 4.78 is 0.773. The molecule has 1 fully saturated rings. The fraction of sp³-hybridized carbons (Fsp3) is 0.533. The minimum Gasteiger partial charge on any atom is -0.339 e. The summed E-state index contributed by atoms with van der Waals surface area (Å²) in [7, 11) is 0. The predicted octanol–water partition coefficient (Wildman–Crippen LogP) is 4.75. The van der Waals surface area contributed by atoms with Crippen molar-refractivity contribution in [1.29, 1.82) is 0 Å². The topological polar surface area (TPSA) is 20.3 Å². The lowest BCUT2D eigenvalue weighted by atomic mass is 9.85. The lowest BCUT2D eigenvalue weighted by Crippen LogP contribution is -2.32. The Labute approximate surface area is 128 Å². The van der Waals surface area contributed by atoms with Gasteiger partial charge in [-0.25, -0.2) is 0 Å². The Bertz CT molecular complexity index is 487. The number of halogens is 2. The molecular formula is C15H19BrClNO. The Kier molecular flexibility index (Phi) is 4.57. The van der Waals surface area contributed by atoms with Crippen LogP contribution in [-0.2, 0) is 0 Å². The number of rotatable bonds is 1. The Balaban J connectivity index is 2.18. The van der Waals surface area contributed by atoms with Crippen molar-refractivity contribution in [3.05, 3.63) is 33.3 Å². The van der Waals surface area contributed by atoms with Crippen LogP contribution in [0.4, 0.5) is 0 Å². The van der Waals surface area contributed by atoms with Crippen molar-refractivity contribution in [3.8, 4) is 0 Å². The van der Waals surface area contributed by atoms with Gasteiger partial charge in [0.1, 0.15) is 0 Å². The standard InChI is InChI=1S/C15H19BrClNO/c1-15(2)7-4-9-18(10-8-15)14(19)11-5-3-6-12(16)13(11)17/h3,5-6H,4,7-10H2,1-2H3. The maximum absolute atomic E-state index is 12.6. The van der Waals surface area contributed by atoms with Crippen molar-refractivity contribution in [2.45, 2.75) is 33.1 Å². The summed E-state index contributed by atoms with van der Waals surface area (Å²) in [6.45, 7) is 6.18. The molecule has 1 aliphatic rings. The van der Waals surface area contributed by atoms with Gasteiger partial charge >= 0.3 is 0 Å². The van der Waals surface area contributed by atoms with E-state index in [9.17, 15) is 4.79 Å². The van der Waals surface area contributed by atoms with E-state index in [2.05, 4.69) is 29.8 Å².